The number of aromatic nitrogens is 1. The number of fused-ring (bicyclic) bond motifs is 1. The van der Waals surface area contributed by atoms with E-state index in [1.807, 2.05) is 12.1 Å². The van der Waals surface area contributed by atoms with Crippen LogP contribution in [0.2, 0.25) is 0 Å². The van der Waals surface area contributed by atoms with Crippen molar-refractivity contribution in [3.05, 3.63) is 53.6 Å². The summed E-state index contributed by atoms with van der Waals surface area (Å²) in [6.45, 7) is 1.83. The monoisotopic (exact) mass is 344 g/mol. The number of hydrogen-bond acceptors (Lipinski definition) is 2. The average Bonchev–Trinajstić information content (AvgIpc) is 2.94. The Morgan fingerprint density at radius 2 is 2.04 bits per heavy atom. The van der Waals surface area contributed by atoms with Gasteiger partial charge in [0, 0.05) is 29.9 Å². The number of halogens is 2. The van der Waals surface area contributed by atoms with Gasteiger partial charge >= 0.3 is 0 Å². The molecule has 0 aliphatic rings. The van der Waals surface area contributed by atoms with Gasteiger partial charge < -0.3 is 15.0 Å². The van der Waals surface area contributed by atoms with E-state index >= 15 is 0 Å². The second-order valence-electron chi connectivity index (χ2n) is 5.72. The molecule has 2 N–H and O–H groups in total. The Hall–Kier alpha value is -2.89. The van der Waals surface area contributed by atoms with Gasteiger partial charge in [-0.1, -0.05) is 6.07 Å². The lowest BCUT2D eigenvalue weighted by molar-refractivity contribution is -0.118. The summed E-state index contributed by atoms with van der Waals surface area (Å²) in [6, 6.07) is 9.55. The summed E-state index contributed by atoms with van der Waals surface area (Å²) in [6.07, 6.45) is 0.470. The summed E-state index contributed by atoms with van der Waals surface area (Å²) < 4.78 is 33.2. The van der Waals surface area contributed by atoms with Crippen molar-refractivity contribution in [2.75, 3.05) is 13.7 Å². The summed E-state index contributed by atoms with van der Waals surface area (Å²) in [5.74, 6) is -1.28. The second kappa shape index (κ2) is 6.93. The normalized spacial score (nSPS) is 10.9. The number of methoxy groups -OCH3 is 1. The van der Waals surface area contributed by atoms with Crippen molar-refractivity contribution in [2.45, 2.75) is 13.3 Å². The van der Waals surface area contributed by atoms with Crippen LogP contribution in [-0.4, -0.2) is 24.5 Å². The number of nitrogens with one attached hydrogen (secondary N) is 2. The summed E-state index contributed by atoms with van der Waals surface area (Å²) in [5, 5.41) is 3.58. The molecule has 0 atom stereocenters. The summed E-state index contributed by atoms with van der Waals surface area (Å²) >= 11 is 0. The fourth-order valence-electron chi connectivity index (χ4n) is 2.90. The lowest BCUT2D eigenvalue weighted by Gasteiger charge is -2.08. The summed E-state index contributed by atoms with van der Waals surface area (Å²) in [4.78, 5) is 14.3. The Bertz CT molecular complexity index is 935. The third-order valence-corrected chi connectivity index (χ3v) is 4.08. The molecule has 0 fully saturated rings. The zero-order chi connectivity index (χ0) is 18.0. The molecule has 0 saturated carbocycles. The second-order valence-corrected chi connectivity index (χ2v) is 5.72. The standard InChI is InChI=1S/C19H18F2N2O2/c1-11(24)22-9-8-13-15-10-12(25-2)6-7-17(15)23-19(13)14-4-3-5-16(20)18(14)21/h3-7,10,23H,8-9H2,1-2H3,(H,22,24). The van der Waals surface area contributed by atoms with Gasteiger partial charge in [-0.05, 0) is 42.3 Å². The van der Waals surface area contributed by atoms with E-state index in [9.17, 15) is 13.6 Å². The molecule has 0 unspecified atom stereocenters. The van der Waals surface area contributed by atoms with Crippen molar-refractivity contribution >= 4 is 16.8 Å². The van der Waals surface area contributed by atoms with E-state index in [-0.39, 0.29) is 11.5 Å². The lowest BCUT2D eigenvalue weighted by Crippen LogP contribution is -2.22. The molecule has 1 aromatic heterocycles. The first-order chi connectivity index (χ1) is 12.0. The third-order valence-electron chi connectivity index (χ3n) is 4.08. The fourth-order valence-corrected chi connectivity index (χ4v) is 2.90. The number of amides is 1. The Morgan fingerprint density at radius 3 is 2.76 bits per heavy atom. The van der Waals surface area contributed by atoms with E-state index < -0.39 is 11.6 Å². The number of aromatic amines is 1. The van der Waals surface area contributed by atoms with Crippen LogP contribution >= 0.6 is 0 Å². The smallest absolute Gasteiger partial charge is 0.216 e. The first-order valence-corrected chi connectivity index (χ1v) is 7.88. The van der Waals surface area contributed by atoms with Crippen LogP contribution in [0.4, 0.5) is 8.78 Å². The summed E-state index contributed by atoms with van der Waals surface area (Å²) in [5.41, 5.74) is 2.25. The summed E-state index contributed by atoms with van der Waals surface area (Å²) in [7, 11) is 1.57. The van der Waals surface area contributed by atoms with E-state index in [1.165, 1.54) is 19.1 Å². The van der Waals surface area contributed by atoms with Gasteiger partial charge in [0.1, 0.15) is 5.75 Å². The van der Waals surface area contributed by atoms with E-state index in [0.717, 1.165) is 22.5 Å². The quantitative estimate of drug-likeness (QED) is 0.740. The number of ether oxygens (including phenoxy) is 1. The Kier molecular flexibility index (Phi) is 4.70. The molecule has 3 rings (SSSR count). The minimum atomic E-state index is -0.901. The molecular weight excluding hydrogens is 326 g/mol. The highest BCUT2D eigenvalue weighted by atomic mass is 19.2. The fraction of sp³-hybridized carbons (Fsp3) is 0.211. The van der Waals surface area contributed by atoms with Crippen molar-refractivity contribution in [1.82, 2.24) is 10.3 Å². The molecule has 1 amide bonds. The lowest BCUT2D eigenvalue weighted by atomic mass is 10.0. The highest BCUT2D eigenvalue weighted by Gasteiger charge is 2.18. The number of H-pyrrole nitrogens is 1. The van der Waals surface area contributed by atoms with Crippen LogP contribution in [0.25, 0.3) is 22.2 Å². The molecule has 0 aliphatic heterocycles. The minimum absolute atomic E-state index is 0.143. The number of carbonyl (C=O) groups excluding carboxylic acids is 1. The zero-order valence-corrected chi connectivity index (χ0v) is 14.0. The molecule has 0 radical (unpaired) electrons. The van der Waals surface area contributed by atoms with Crippen LogP contribution in [0, 0.1) is 11.6 Å². The molecular formula is C19H18F2N2O2. The van der Waals surface area contributed by atoms with Crippen LogP contribution in [0.15, 0.2) is 36.4 Å². The van der Waals surface area contributed by atoms with Gasteiger partial charge in [0.25, 0.3) is 0 Å². The van der Waals surface area contributed by atoms with Gasteiger partial charge in [0.2, 0.25) is 5.91 Å². The Morgan fingerprint density at radius 1 is 1.24 bits per heavy atom. The SMILES string of the molecule is COc1ccc2[nH]c(-c3cccc(F)c3F)c(CCNC(C)=O)c2c1. The van der Waals surface area contributed by atoms with E-state index in [2.05, 4.69) is 10.3 Å². The van der Waals surface area contributed by atoms with Crippen molar-refractivity contribution in [2.24, 2.45) is 0 Å². The highest BCUT2D eigenvalue weighted by Crippen LogP contribution is 2.34. The molecule has 0 bridgehead atoms. The van der Waals surface area contributed by atoms with Crippen LogP contribution in [0.3, 0.4) is 0 Å². The zero-order valence-electron chi connectivity index (χ0n) is 14.0. The Balaban J connectivity index is 2.15. The third kappa shape index (κ3) is 3.33. The van der Waals surface area contributed by atoms with Crippen LogP contribution in [0.1, 0.15) is 12.5 Å². The first kappa shape index (κ1) is 17.0. The molecule has 0 saturated heterocycles. The number of rotatable bonds is 5. The number of hydrogen-bond donors (Lipinski definition) is 2. The van der Waals surface area contributed by atoms with Gasteiger partial charge in [-0.15, -0.1) is 0 Å². The molecule has 3 aromatic rings. The largest absolute Gasteiger partial charge is 0.497 e. The predicted molar refractivity (Wildman–Crippen MR) is 92.6 cm³/mol. The average molecular weight is 344 g/mol. The van der Waals surface area contributed by atoms with Gasteiger partial charge in [-0.3, -0.25) is 4.79 Å². The first-order valence-electron chi connectivity index (χ1n) is 7.88. The van der Waals surface area contributed by atoms with Crippen molar-refractivity contribution in [1.29, 1.82) is 0 Å². The van der Waals surface area contributed by atoms with E-state index in [4.69, 9.17) is 4.74 Å². The number of benzene rings is 2. The molecule has 25 heavy (non-hydrogen) atoms. The molecule has 1 heterocycles. The molecule has 130 valence electrons. The van der Waals surface area contributed by atoms with Gasteiger partial charge in [0.05, 0.1) is 12.8 Å². The topological polar surface area (TPSA) is 54.1 Å². The van der Waals surface area contributed by atoms with Crippen molar-refractivity contribution < 1.29 is 18.3 Å². The maximum Gasteiger partial charge on any atom is 0.216 e. The van der Waals surface area contributed by atoms with Crippen LogP contribution < -0.4 is 10.1 Å². The molecule has 2 aromatic carbocycles. The molecule has 0 aliphatic carbocycles. The van der Waals surface area contributed by atoms with Gasteiger partial charge in [-0.2, -0.15) is 0 Å². The van der Waals surface area contributed by atoms with Gasteiger partial charge in [-0.25, -0.2) is 8.78 Å². The molecule has 0 spiro atoms. The maximum absolute atomic E-state index is 14.3. The predicted octanol–water partition coefficient (Wildman–Crippen LogP) is 3.80. The van der Waals surface area contributed by atoms with E-state index in [0.29, 0.717) is 24.4 Å². The minimum Gasteiger partial charge on any atom is -0.497 e. The number of carbonyl (C=O) groups is 1. The van der Waals surface area contributed by atoms with Crippen LogP contribution in [0.5, 0.6) is 5.75 Å². The maximum atomic E-state index is 14.3. The highest BCUT2D eigenvalue weighted by molar-refractivity contribution is 5.92. The Labute approximate surface area is 143 Å². The van der Waals surface area contributed by atoms with Crippen molar-refractivity contribution in [3.8, 4) is 17.0 Å². The van der Waals surface area contributed by atoms with Crippen molar-refractivity contribution in [3.63, 3.8) is 0 Å². The van der Waals surface area contributed by atoms with Gasteiger partial charge in [0.15, 0.2) is 11.6 Å². The molecule has 6 heteroatoms. The van der Waals surface area contributed by atoms with E-state index in [1.54, 1.807) is 13.2 Å². The van der Waals surface area contributed by atoms with Crippen LogP contribution in [-0.2, 0) is 11.2 Å². The molecule has 4 nitrogen and oxygen atoms in total.